The summed E-state index contributed by atoms with van der Waals surface area (Å²) in [6.45, 7) is 5.46. The van der Waals surface area contributed by atoms with E-state index in [9.17, 15) is 4.79 Å². The molecule has 0 unspecified atom stereocenters. The summed E-state index contributed by atoms with van der Waals surface area (Å²) in [7, 11) is 1.68. The lowest BCUT2D eigenvalue weighted by Gasteiger charge is -2.38. The van der Waals surface area contributed by atoms with Gasteiger partial charge in [0, 0.05) is 48.1 Å². The van der Waals surface area contributed by atoms with Crippen LogP contribution in [-0.4, -0.2) is 50.1 Å². The number of hydrogen-bond acceptors (Lipinski definition) is 4. The Balaban J connectivity index is 1.55. The Labute approximate surface area is 163 Å². The standard InChI is InChI=1S/C20H24BrN3O2/c1-15(20(25)22-17-8-6-16(21)7-9-17)23-10-12-24(13-11-23)18-4-3-5-19(14-18)26-2/h3-9,14-15H,10-13H2,1-2H3,(H,22,25)/t15-/m1/s1. The van der Waals surface area contributed by atoms with Gasteiger partial charge in [-0.15, -0.1) is 0 Å². The van der Waals surface area contributed by atoms with Gasteiger partial charge in [0.05, 0.1) is 13.2 Å². The molecular formula is C20H24BrN3O2. The molecule has 5 nitrogen and oxygen atoms in total. The van der Waals surface area contributed by atoms with E-state index in [1.54, 1.807) is 7.11 Å². The fourth-order valence-corrected chi connectivity index (χ4v) is 3.38. The number of carbonyl (C=O) groups excluding carboxylic acids is 1. The molecule has 1 aliphatic heterocycles. The van der Waals surface area contributed by atoms with Gasteiger partial charge in [-0.3, -0.25) is 9.69 Å². The highest BCUT2D eigenvalue weighted by Gasteiger charge is 2.25. The van der Waals surface area contributed by atoms with Crippen LogP contribution < -0.4 is 15.0 Å². The maximum Gasteiger partial charge on any atom is 0.241 e. The highest BCUT2D eigenvalue weighted by atomic mass is 79.9. The van der Waals surface area contributed by atoms with E-state index >= 15 is 0 Å². The van der Waals surface area contributed by atoms with Gasteiger partial charge >= 0.3 is 0 Å². The number of benzene rings is 2. The van der Waals surface area contributed by atoms with Crippen molar-refractivity contribution in [3.05, 3.63) is 53.0 Å². The number of halogens is 1. The van der Waals surface area contributed by atoms with Gasteiger partial charge in [0.2, 0.25) is 5.91 Å². The zero-order valence-corrected chi connectivity index (χ0v) is 16.7. The molecule has 1 fully saturated rings. The first-order valence-corrected chi connectivity index (χ1v) is 9.55. The first kappa shape index (κ1) is 18.7. The quantitative estimate of drug-likeness (QED) is 0.806. The molecule has 1 N–H and O–H groups in total. The summed E-state index contributed by atoms with van der Waals surface area (Å²) in [6.07, 6.45) is 0. The van der Waals surface area contributed by atoms with Crippen molar-refractivity contribution < 1.29 is 9.53 Å². The van der Waals surface area contributed by atoms with Gasteiger partial charge in [0.25, 0.3) is 0 Å². The zero-order valence-electron chi connectivity index (χ0n) is 15.1. The SMILES string of the molecule is COc1cccc(N2CCN([C@H](C)C(=O)Nc3ccc(Br)cc3)CC2)c1. The second-order valence-electron chi connectivity index (χ2n) is 6.40. The largest absolute Gasteiger partial charge is 0.497 e. The van der Waals surface area contributed by atoms with E-state index in [0.717, 1.165) is 47.8 Å². The predicted octanol–water partition coefficient (Wildman–Crippen LogP) is 3.61. The predicted molar refractivity (Wildman–Crippen MR) is 109 cm³/mol. The van der Waals surface area contributed by atoms with E-state index in [4.69, 9.17) is 4.74 Å². The van der Waals surface area contributed by atoms with Crippen molar-refractivity contribution >= 4 is 33.2 Å². The zero-order chi connectivity index (χ0) is 18.5. The van der Waals surface area contributed by atoms with Crippen molar-refractivity contribution in [2.75, 3.05) is 43.5 Å². The maximum absolute atomic E-state index is 12.5. The summed E-state index contributed by atoms with van der Waals surface area (Å²) in [6, 6.07) is 15.6. The third-order valence-electron chi connectivity index (χ3n) is 4.77. The van der Waals surface area contributed by atoms with Gasteiger partial charge in [-0.2, -0.15) is 0 Å². The molecule has 138 valence electrons. The summed E-state index contributed by atoms with van der Waals surface area (Å²) in [4.78, 5) is 17.1. The lowest BCUT2D eigenvalue weighted by Crippen LogP contribution is -2.52. The number of nitrogens with zero attached hydrogens (tertiary/aromatic N) is 2. The molecule has 1 aliphatic rings. The number of amides is 1. The minimum atomic E-state index is -0.161. The highest BCUT2D eigenvalue weighted by Crippen LogP contribution is 2.22. The molecule has 3 rings (SSSR count). The third-order valence-corrected chi connectivity index (χ3v) is 5.30. The number of nitrogens with one attached hydrogen (secondary N) is 1. The van der Waals surface area contributed by atoms with Gasteiger partial charge < -0.3 is 15.0 Å². The molecular weight excluding hydrogens is 394 g/mol. The molecule has 1 amide bonds. The number of hydrogen-bond donors (Lipinski definition) is 1. The number of rotatable bonds is 5. The van der Waals surface area contributed by atoms with Gasteiger partial charge in [0.1, 0.15) is 5.75 Å². The van der Waals surface area contributed by atoms with Crippen molar-refractivity contribution in [2.24, 2.45) is 0 Å². The summed E-state index contributed by atoms with van der Waals surface area (Å²) in [5.74, 6) is 0.898. The molecule has 0 aromatic heterocycles. The molecule has 1 atom stereocenters. The molecule has 2 aromatic carbocycles. The third kappa shape index (κ3) is 4.56. The van der Waals surface area contributed by atoms with E-state index < -0.39 is 0 Å². The van der Waals surface area contributed by atoms with Crippen LogP contribution in [0.25, 0.3) is 0 Å². The van der Waals surface area contributed by atoms with Crippen molar-refractivity contribution in [1.82, 2.24) is 4.90 Å². The van der Waals surface area contributed by atoms with Crippen LogP contribution >= 0.6 is 15.9 Å². The lowest BCUT2D eigenvalue weighted by molar-refractivity contribution is -0.120. The number of methoxy groups -OCH3 is 1. The Kier molecular flexibility index (Phi) is 6.16. The second-order valence-corrected chi connectivity index (χ2v) is 7.31. The number of anilines is 2. The number of ether oxygens (including phenoxy) is 1. The summed E-state index contributed by atoms with van der Waals surface area (Å²) >= 11 is 3.40. The number of carbonyl (C=O) groups is 1. The van der Waals surface area contributed by atoms with Crippen LogP contribution in [0.4, 0.5) is 11.4 Å². The normalized spacial score (nSPS) is 16.2. The summed E-state index contributed by atoms with van der Waals surface area (Å²) < 4.78 is 6.30. The van der Waals surface area contributed by atoms with Gasteiger partial charge in [-0.05, 0) is 43.3 Å². The Morgan fingerprint density at radius 1 is 1.12 bits per heavy atom. The van der Waals surface area contributed by atoms with E-state index in [0.29, 0.717) is 0 Å². The highest BCUT2D eigenvalue weighted by molar-refractivity contribution is 9.10. The molecule has 6 heteroatoms. The van der Waals surface area contributed by atoms with Crippen LogP contribution in [0.1, 0.15) is 6.92 Å². The molecule has 2 aromatic rings. The van der Waals surface area contributed by atoms with E-state index in [-0.39, 0.29) is 11.9 Å². The molecule has 0 saturated carbocycles. The molecule has 0 aliphatic carbocycles. The van der Waals surface area contributed by atoms with Crippen LogP contribution in [0, 0.1) is 0 Å². The molecule has 1 heterocycles. The average molecular weight is 418 g/mol. The minimum Gasteiger partial charge on any atom is -0.497 e. The van der Waals surface area contributed by atoms with Crippen LogP contribution in [0.3, 0.4) is 0 Å². The topological polar surface area (TPSA) is 44.8 Å². The fourth-order valence-electron chi connectivity index (χ4n) is 3.12. The number of piperazine rings is 1. The molecule has 1 saturated heterocycles. The van der Waals surface area contributed by atoms with E-state index in [1.165, 1.54) is 0 Å². The van der Waals surface area contributed by atoms with Gasteiger partial charge in [-0.1, -0.05) is 22.0 Å². The monoisotopic (exact) mass is 417 g/mol. The Bertz CT molecular complexity index is 743. The van der Waals surface area contributed by atoms with Gasteiger partial charge in [0.15, 0.2) is 0 Å². The van der Waals surface area contributed by atoms with Crippen molar-refractivity contribution in [3.63, 3.8) is 0 Å². The van der Waals surface area contributed by atoms with Crippen LogP contribution in [0.5, 0.6) is 5.75 Å². The smallest absolute Gasteiger partial charge is 0.241 e. The van der Waals surface area contributed by atoms with E-state index in [2.05, 4.69) is 43.2 Å². The van der Waals surface area contributed by atoms with Crippen LogP contribution in [0.2, 0.25) is 0 Å². The van der Waals surface area contributed by atoms with Crippen LogP contribution in [0.15, 0.2) is 53.0 Å². The Morgan fingerprint density at radius 2 is 1.81 bits per heavy atom. The molecule has 0 spiro atoms. The Hall–Kier alpha value is -2.05. The lowest BCUT2D eigenvalue weighted by atomic mass is 10.2. The maximum atomic E-state index is 12.5. The summed E-state index contributed by atoms with van der Waals surface area (Å²) in [5.41, 5.74) is 1.98. The first-order valence-electron chi connectivity index (χ1n) is 8.76. The van der Waals surface area contributed by atoms with Gasteiger partial charge in [-0.25, -0.2) is 0 Å². The molecule has 0 bridgehead atoms. The van der Waals surface area contributed by atoms with Crippen molar-refractivity contribution in [1.29, 1.82) is 0 Å². The molecule has 26 heavy (non-hydrogen) atoms. The molecule has 0 radical (unpaired) electrons. The van der Waals surface area contributed by atoms with E-state index in [1.807, 2.05) is 43.3 Å². The Morgan fingerprint density at radius 3 is 2.46 bits per heavy atom. The average Bonchev–Trinajstić information content (AvgIpc) is 2.69. The minimum absolute atomic E-state index is 0.0298. The summed E-state index contributed by atoms with van der Waals surface area (Å²) in [5, 5.41) is 2.99. The first-order chi connectivity index (χ1) is 12.6. The second kappa shape index (κ2) is 8.56. The van der Waals surface area contributed by atoms with Crippen molar-refractivity contribution in [2.45, 2.75) is 13.0 Å². The van der Waals surface area contributed by atoms with Crippen molar-refractivity contribution in [3.8, 4) is 5.75 Å². The fraction of sp³-hybridized carbons (Fsp3) is 0.350. The van der Waals surface area contributed by atoms with Crippen LogP contribution in [-0.2, 0) is 4.79 Å².